The molecule has 45 valence electrons. The van der Waals surface area contributed by atoms with Crippen molar-refractivity contribution in [1.82, 2.24) is 0 Å². The van der Waals surface area contributed by atoms with Gasteiger partial charge in [0.2, 0.25) is 0 Å². The van der Waals surface area contributed by atoms with Crippen molar-refractivity contribution in [2.45, 2.75) is 0 Å². The number of hydrogen-bond acceptors (Lipinski definition) is 0. The molecule has 1 heteroatoms. The van der Waals surface area contributed by atoms with Gasteiger partial charge in [0.05, 0.1) is 0 Å². The van der Waals surface area contributed by atoms with Crippen LogP contribution in [0.3, 0.4) is 0 Å². The number of hydrogen-bond donors (Lipinski definition) is 0. The fourth-order valence-corrected chi connectivity index (χ4v) is 0.342. The molecule has 0 aliphatic heterocycles. The molecule has 0 aromatic heterocycles. The predicted octanol–water partition coefficient (Wildman–Crippen LogP) is 1.49. The van der Waals surface area contributed by atoms with Crippen molar-refractivity contribution in [2.75, 3.05) is 0 Å². The quantitative estimate of drug-likeness (QED) is 0.613. The van der Waals surface area contributed by atoms with Crippen LogP contribution in [-0.4, -0.2) is 0 Å². The second kappa shape index (κ2) is 4.61. The van der Waals surface area contributed by atoms with Crippen molar-refractivity contribution < 1.29 is 36.9 Å². The van der Waals surface area contributed by atoms with Gasteiger partial charge in [-0.1, -0.05) is 0 Å². The molecule has 0 nitrogen and oxygen atoms in total. The first-order valence-corrected chi connectivity index (χ1v) is 1.91. The molecule has 1 aromatic rings. The Hall–Kier alpha value is 0.454. The van der Waals surface area contributed by atoms with Crippen molar-refractivity contribution in [1.29, 1.82) is 0 Å². The molecule has 0 saturated carbocycles. The average Bonchev–Trinajstić information content (AvgIpc) is 1.72. The van der Waals surface area contributed by atoms with Crippen LogP contribution in [0, 0.1) is 42.9 Å². The first kappa shape index (κ1) is 7.45. The van der Waals surface area contributed by atoms with Crippen LogP contribution in [0.2, 0.25) is 0 Å². The van der Waals surface area contributed by atoms with Crippen LogP contribution >= 0.6 is 0 Å². The molecule has 1 radical (unpaired) electrons. The molecule has 0 heterocycles. The van der Waals surface area contributed by atoms with Gasteiger partial charge in [-0.3, -0.25) is 0 Å². The maximum atomic E-state index is 2.89. The monoisotopic (exact) mass is 252 g/mol. The summed E-state index contributed by atoms with van der Waals surface area (Å²) in [6.07, 6.45) is 0. The fourth-order valence-electron chi connectivity index (χ4n) is 0.342. The fraction of sp³-hybridized carbons (Fsp3) is 0. The largest absolute Gasteiger partial charge is 0.184 e. The summed E-state index contributed by atoms with van der Waals surface area (Å²) in [6, 6.07) is 12.5. The van der Waals surface area contributed by atoms with Gasteiger partial charge in [-0.25, -0.2) is 0 Å². The molecule has 0 aliphatic carbocycles. The van der Waals surface area contributed by atoms with E-state index in [1.54, 1.807) is 0 Å². The van der Waals surface area contributed by atoms with E-state index < -0.39 is 0 Å². The predicted molar refractivity (Wildman–Crippen MR) is 25.3 cm³/mol. The first-order valence-electron chi connectivity index (χ1n) is 1.91. The molecule has 0 unspecified atom stereocenters. The van der Waals surface area contributed by atoms with E-state index in [4.69, 9.17) is 0 Å². The Morgan fingerprint density at radius 2 is 1.43 bits per heavy atom. The van der Waals surface area contributed by atoms with Crippen LogP contribution in [0.1, 0.15) is 0 Å². The third kappa shape index (κ3) is 3.07. The van der Waals surface area contributed by atoms with Gasteiger partial charge in [0, 0.05) is 36.9 Å². The Balaban J connectivity index is 0.000000360. The van der Waals surface area contributed by atoms with Crippen LogP contribution in [0.15, 0.2) is 30.3 Å². The van der Waals surface area contributed by atoms with Gasteiger partial charge >= 0.3 is 0 Å². The average molecular weight is 252 g/mol. The number of rotatable bonds is 0. The molecule has 0 atom stereocenters. The summed E-state index contributed by atoms with van der Waals surface area (Å²) in [5.74, 6) is 0. The first-order chi connectivity index (χ1) is 3.00. The minimum atomic E-state index is 0. The van der Waals surface area contributed by atoms with Crippen molar-refractivity contribution in [3.8, 4) is 0 Å². The molecule has 0 fully saturated rings. The Labute approximate surface area is 72.7 Å². The van der Waals surface area contributed by atoms with Gasteiger partial charge in [0.25, 0.3) is 0 Å². The Bertz CT molecular complexity index is 76.1. The molecular weight excluding hydrogens is 247 g/mol. The van der Waals surface area contributed by atoms with Gasteiger partial charge < -0.3 is 0 Å². The minimum Gasteiger partial charge on any atom is -0.184 e. The SMILES string of the molecule is [Lu].[c-]1ccccc1. The topological polar surface area (TPSA) is 0 Å². The molecule has 0 bridgehead atoms. The van der Waals surface area contributed by atoms with E-state index >= 15 is 0 Å². The molecule has 0 amide bonds. The Morgan fingerprint density at radius 3 is 1.57 bits per heavy atom. The summed E-state index contributed by atoms with van der Waals surface area (Å²) >= 11 is 0. The minimum absolute atomic E-state index is 0. The second-order valence-corrected chi connectivity index (χ2v) is 1.08. The van der Waals surface area contributed by atoms with E-state index in [1.165, 1.54) is 0 Å². The van der Waals surface area contributed by atoms with E-state index in [0.29, 0.717) is 0 Å². The summed E-state index contributed by atoms with van der Waals surface area (Å²) in [5.41, 5.74) is 0. The zero-order valence-electron chi connectivity index (χ0n) is 3.64. The van der Waals surface area contributed by atoms with Crippen molar-refractivity contribution in [3.05, 3.63) is 36.4 Å². The molecule has 0 saturated heterocycles. The molecule has 7 heavy (non-hydrogen) atoms. The third-order valence-electron chi connectivity index (χ3n) is 0.607. The normalized spacial score (nSPS) is 6.86. The Morgan fingerprint density at radius 1 is 0.857 bits per heavy atom. The standard InChI is InChI=1S/C6H5.Lu/c1-2-4-6-5-3-1;/h1-5H;/q-1;. The van der Waals surface area contributed by atoms with Crippen molar-refractivity contribution >= 4 is 0 Å². The van der Waals surface area contributed by atoms with Crippen molar-refractivity contribution in [2.24, 2.45) is 0 Å². The van der Waals surface area contributed by atoms with Crippen LogP contribution in [0.4, 0.5) is 0 Å². The molecule has 1 aromatic carbocycles. The van der Waals surface area contributed by atoms with E-state index in [1.807, 2.05) is 30.3 Å². The molecular formula is C6H5Lu-. The van der Waals surface area contributed by atoms with Crippen molar-refractivity contribution in [3.63, 3.8) is 0 Å². The Kier molecular flexibility index (Phi) is 4.91. The van der Waals surface area contributed by atoms with Gasteiger partial charge in [-0.05, 0) is 0 Å². The summed E-state index contributed by atoms with van der Waals surface area (Å²) < 4.78 is 0. The third-order valence-corrected chi connectivity index (χ3v) is 0.607. The van der Waals surface area contributed by atoms with E-state index in [-0.39, 0.29) is 36.9 Å². The summed E-state index contributed by atoms with van der Waals surface area (Å²) in [7, 11) is 0. The molecule has 0 spiro atoms. The van der Waals surface area contributed by atoms with Crippen LogP contribution in [-0.2, 0) is 0 Å². The van der Waals surface area contributed by atoms with Gasteiger partial charge in [0.15, 0.2) is 0 Å². The van der Waals surface area contributed by atoms with E-state index in [9.17, 15) is 0 Å². The summed E-state index contributed by atoms with van der Waals surface area (Å²) in [4.78, 5) is 0. The zero-order valence-corrected chi connectivity index (χ0v) is 5.30. The maximum absolute atomic E-state index is 2.89. The molecule has 1 rings (SSSR count). The van der Waals surface area contributed by atoms with Crippen LogP contribution < -0.4 is 0 Å². The summed E-state index contributed by atoms with van der Waals surface area (Å²) in [5, 5.41) is 0. The second-order valence-electron chi connectivity index (χ2n) is 1.08. The maximum Gasteiger partial charge on any atom is 0 e. The van der Waals surface area contributed by atoms with E-state index in [0.717, 1.165) is 0 Å². The summed E-state index contributed by atoms with van der Waals surface area (Å²) in [6.45, 7) is 0. The van der Waals surface area contributed by atoms with Gasteiger partial charge in [-0.15, -0.1) is 0 Å². The van der Waals surface area contributed by atoms with E-state index in [2.05, 4.69) is 6.07 Å². The zero-order chi connectivity index (χ0) is 4.24. The molecule has 0 aliphatic rings. The van der Waals surface area contributed by atoms with Gasteiger partial charge in [-0.2, -0.15) is 36.4 Å². The van der Waals surface area contributed by atoms with Gasteiger partial charge in [0.1, 0.15) is 0 Å². The smallest absolute Gasteiger partial charge is 0 e. The van der Waals surface area contributed by atoms with Crippen LogP contribution in [0.5, 0.6) is 0 Å². The van der Waals surface area contributed by atoms with Crippen LogP contribution in [0.25, 0.3) is 0 Å². The number of benzene rings is 1. The molecule has 0 N–H and O–H groups in total.